The summed E-state index contributed by atoms with van der Waals surface area (Å²) in [5.41, 5.74) is 10.0. The quantitative estimate of drug-likeness (QED) is 0.202. The molecule has 0 radical (unpaired) electrons. The minimum Gasteiger partial charge on any atom is -0.350 e. The van der Waals surface area contributed by atoms with Crippen molar-refractivity contribution in [2.24, 2.45) is 33.1 Å². The third-order valence-corrected chi connectivity index (χ3v) is 2.50. The Morgan fingerprint density at radius 2 is 1.24 bits per heavy atom. The number of primary amides is 2. The predicted octanol–water partition coefficient (Wildman–Crippen LogP) is -2.43. The summed E-state index contributed by atoms with van der Waals surface area (Å²) in [5.74, 6) is 10.9. The fraction of sp³-hybridized carbons (Fsp3) is 0. The van der Waals surface area contributed by atoms with Gasteiger partial charge in [-0.15, -0.1) is 0 Å². The number of hydrogen-bond donors (Lipinski definition) is 4. The van der Waals surface area contributed by atoms with Crippen LogP contribution in [-0.4, -0.2) is 18.1 Å². The first kappa shape index (κ1) is 16.5. The molecule has 8 N–H and O–H groups in total. The first-order valence-corrected chi connectivity index (χ1v) is 5.15. The van der Waals surface area contributed by atoms with Crippen LogP contribution in [0.2, 0.25) is 0 Å². The number of urea groups is 3. The normalized spacial score (nSPS) is 11.6. The summed E-state index contributed by atoms with van der Waals surface area (Å²) in [6.07, 6.45) is 0. The van der Waals surface area contributed by atoms with Gasteiger partial charge in [-0.1, -0.05) is 0 Å². The number of amides is 6. The number of hydrazine groups is 2. The van der Waals surface area contributed by atoms with E-state index in [2.05, 4.69) is 9.98 Å². The molecule has 0 atom stereocenters. The summed E-state index contributed by atoms with van der Waals surface area (Å²) in [5, 5.41) is 1.42. The summed E-state index contributed by atoms with van der Waals surface area (Å²) in [7, 11) is 0. The number of rotatable bonds is 2. The zero-order valence-corrected chi connectivity index (χ0v) is 11.4. The molecule has 11 nitrogen and oxygen atoms in total. The smallest absolute Gasteiger partial charge is 0.350 e. The molecule has 0 fully saturated rings. The van der Waals surface area contributed by atoms with Crippen LogP contribution in [0.4, 0.5) is 25.8 Å². The van der Waals surface area contributed by atoms with E-state index >= 15 is 0 Å². The van der Waals surface area contributed by atoms with Crippen molar-refractivity contribution >= 4 is 29.5 Å². The Bertz CT molecular complexity index is 687. The number of anilines is 2. The molecule has 0 unspecified atom stereocenters. The molecule has 1 heterocycles. The molecular weight excluding hydrogens is 324 g/mol. The summed E-state index contributed by atoms with van der Waals surface area (Å²) >= 11 is 0. The zero-order valence-electron chi connectivity index (χ0n) is 10.3. The first-order chi connectivity index (χ1) is 9.31. The molecule has 1 aliphatic heterocycles. The topological polar surface area (TPSA) is 186 Å². The van der Waals surface area contributed by atoms with E-state index in [0.717, 1.165) is 0 Å². The molecule has 6 amide bonds. The number of benzene rings is 1. The van der Waals surface area contributed by atoms with Gasteiger partial charge in [-0.25, -0.2) is 36.1 Å². The number of fused-ring (bicyclic) bond motifs is 1. The Kier molecular flexibility index (Phi) is 4.60. The number of carbonyl (C=O) groups is 3. The van der Waals surface area contributed by atoms with E-state index in [0.29, 0.717) is 10.0 Å². The molecule has 2 rings (SSSR count). The third kappa shape index (κ3) is 2.98. The van der Waals surface area contributed by atoms with Crippen LogP contribution in [-0.2, 0) is 17.1 Å². The molecule has 0 saturated carbocycles. The number of nitrogens with zero attached hydrogens (tertiary/aromatic N) is 4. The largest absolute Gasteiger partial charge is 0.368 e. The van der Waals surface area contributed by atoms with Crippen molar-refractivity contribution < 1.29 is 31.5 Å². The molecular formula is C9H10FeN8O3. The van der Waals surface area contributed by atoms with Gasteiger partial charge in [0.05, 0.1) is 22.1 Å². The summed E-state index contributed by atoms with van der Waals surface area (Å²) in [6.45, 7) is 0. The molecule has 0 spiro atoms. The maximum atomic E-state index is 11.1. The molecule has 1 aliphatic rings. The second-order valence-corrected chi connectivity index (χ2v) is 3.75. The van der Waals surface area contributed by atoms with E-state index in [1.165, 1.54) is 12.1 Å². The van der Waals surface area contributed by atoms with Crippen LogP contribution in [0.5, 0.6) is 0 Å². The van der Waals surface area contributed by atoms with Crippen LogP contribution in [0.25, 0.3) is 0 Å². The van der Waals surface area contributed by atoms with Crippen molar-refractivity contribution in [2.75, 3.05) is 10.0 Å². The average Bonchev–Trinajstić information content (AvgIpc) is 2.74. The van der Waals surface area contributed by atoms with Crippen LogP contribution >= 0.6 is 0 Å². The standard InChI is InChI=1S/C9H10N8O3.Fe/c10-7(18)16(12)5-1-3-4(15-9(20)14-3)2-6(5)17(13)8(11)19;/h1-2H,12-13H2,(H2,10,18)(H2,11,19);. The SMILES string of the molecule is NC(=O)N(N)c1cc2c(cc1N(N)C(N)=O)=NC(=O)N=2.[Fe]. The van der Waals surface area contributed by atoms with Gasteiger partial charge in [0.2, 0.25) is 0 Å². The van der Waals surface area contributed by atoms with E-state index < -0.39 is 18.1 Å². The maximum absolute atomic E-state index is 11.1. The minimum atomic E-state index is -1.01. The fourth-order valence-corrected chi connectivity index (χ4v) is 1.59. The molecule has 1 aromatic rings. The molecule has 112 valence electrons. The molecule has 0 saturated heterocycles. The number of carbonyl (C=O) groups excluding carboxylic acids is 3. The summed E-state index contributed by atoms with van der Waals surface area (Å²) < 4.78 is 0. The minimum absolute atomic E-state index is 0. The molecule has 12 heteroatoms. The Hall–Kier alpha value is -2.53. The molecule has 0 aromatic heterocycles. The second-order valence-electron chi connectivity index (χ2n) is 3.75. The van der Waals surface area contributed by atoms with Crippen molar-refractivity contribution in [3.8, 4) is 0 Å². The van der Waals surface area contributed by atoms with Gasteiger partial charge in [0, 0.05) is 17.1 Å². The monoisotopic (exact) mass is 334 g/mol. The second kappa shape index (κ2) is 5.85. The van der Waals surface area contributed by atoms with Crippen LogP contribution in [0.1, 0.15) is 0 Å². The Labute approximate surface area is 127 Å². The first-order valence-electron chi connectivity index (χ1n) is 5.15. The van der Waals surface area contributed by atoms with E-state index in [9.17, 15) is 14.4 Å². The molecule has 0 bridgehead atoms. The molecule has 1 aromatic carbocycles. The van der Waals surface area contributed by atoms with Gasteiger partial charge < -0.3 is 11.5 Å². The van der Waals surface area contributed by atoms with Crippen molar-refractivity contribution in [1.82, 2.24) is 0 Å². The summed E-state index contributed by atoms with van der Waals surface area (Å²) in [6, 6.07) is -0.261. The van der Waals surface area contributed by atoms with E-state index in [4.69, 9.17) is 23.2 Å². The van der Waals surface area contributed by atoms with Crippen LogP contribution in [0, 0.1) is 0 Å². The van der Waals surface area contributed by atoms with Crippen molar-refractivity contribution in [3.05, 3.63) is 22.8 Å². The van der Waals surface area contributed by atoms with E-state index in [1.807, 2.05) is 0 Å². The van der Waals surface area contributed by atoms with Crippen LogP contribution in [0.3, 0.4) is 0 Å². The van der Waals surface area contributed by atoms with Crippen molar-refractivity contribution in [1.29, 1.82) is 0 Å². The van der Waals surface area contributed by atoms with Gasteiger partial charge >= 0.3 is 18.1 Å². The van der Waals surface area contributed by atoms with Crippen molar-refractivity contribution in [2.45, 2.75) is 0 Å². The van der Waals surface area contributed by atoms with Gasteiger partial charge in [-0.2, -0.15) is 9.98 Å². The van der Waals surface area contributed by atoms with E-state index in [1.54, 1.807) is 0 Å². The summed E-state index contributed by atoms with van der Waals surface area (Å²) in [4.78, 5) is 40.6. The van der Waals surface area contributed by atoms with Gasteiger partial charge in [0.1, 0.15) is 0 Å². The molecule has 21 heavy (non-hydrogen) atoms. The average molecular weight is 334 g/mol. The predicted molar refractivity (Wildman–Crippen MR) is 66.6 cm³/mol. The fourth-order valence-electron chi connectivity index (χ4n) is 1.59. The van der Waals surface area contributed by atoms with Crippen LogP contribution in [0.15, 0.2) is 22.1 Å². The maximum Gasteiger partial charge on any atom is 0.368 e. The van der Waals surface area contributed by atoms with Crippen molar-refractivity contribution in [3.63, 3.8) is 0 Å². The van der Waals surface area contributed by atoms with Gasteiger partial charge in [-0.3, -0.25) is 0 Å². The van der Waals surface area contributed by atoms with E-state index in [-0.39, 0.29) is 39.2 Å². The number of hydrogen-bond acceptors (Lipinski definition) is 5. The number of nitrogens with two attached hydrogens (primary N) is 4. The Balaban J connectivity index is 0.00000220. The van der Waals surface area contributed by atoms with Gasteiger partial charge in [0.25, 0.3) is 0 Å². The molecule has 0 aliphatic carbocycles. The Morgan fingerprint density at radius 3 is 1.52 bits per heavy atom. The Morgan fingerprint density at radius 1 is 0.905 bits per heavy atom. The zero-order chi connectivity index (χ0) is 15.0. The van der Waals surface area contributed by atoms with Gasteiger partial charge in [0.15, 0.2) is 0 Å². The van der Waals surface area contributed by atoms with Crippen LogP contribution < -0.4 is 43.9 Å². The third-order valence-electron chi connectivity index (χ3n) is 2.50. The van der Waals surface area contributed by atoms with Gasteiger partial charge in [-0.05, 0) is 12.1 Å².